The smallest absolute Gasteiger partial charge is 0.305 e. The average Bonchev–Trinajstić information content (AvgIpc) is 2.87. The molecule has 0 aliphatic heterocycles. The molecule has 4 rings (SSSR count). The van der Waals surface area contributed by atoms with Crippen molar-refractivity contribution < 1.29 is 13.9 Å². The molecule has 2 aromatic heterocycles. The van der Waals surface area contributed by atoms with Crippen molar-refractivity contribution in [2.45, 2.75) is 50.6 Å². The number of fused-ring (bicyclic) bond motifs is 1. The third-order valence-electron chi connectivity index (χ3n) is 6.33. The Bertz CT molecular complexity index is 1170. The summed E-state index contributed by atoms with van der Waals surface area (Å²) in [5.41, 5.74) is 1.75. The van der Waals surface area contributed by atoms with Crippen molar-refractivity contribution in [1.82, 2.24) is 24.8 Å². The van der Waals surface area contributed by atoms with E-state index in [1.54, 1.807) is 12.3 Å². The van der Waals surface area contributed by atoms with Crippen LogP contribution in [0.5, 0.6) is 0 Å². The first kappa shape index (κ1) is 25.0. The fraction of sp³-hybridized carbons (Fsp3) is 0.458. The number of esters is 1. The van der Waals surface area contributed by atoms with E-state index in [0.717, 1.165) is 38.6 Å². The summed E-state index contributed by atoms with van der Waals surface area (Å²) in [6, 6.07) is 5.14. The Balaban J connectivity index is 1.36. The Kier molecular flexibility index (Phi) is 8.25. The van der Waals surface area contributed by atoms with Gasteiger partial charge in [-0.1, -0.05) is 11.6 Å². The minimum atomic E-state index is -0.485. The monoisotopic (exact) mass is 501 g/mol. The average molecular weight is 502 g/mol. The highest BCUT2D eigenvalue weighted by Crippen LogP contribution is 2.27. The van der Waals surface area contributed by atoms with E-state index in [2.05, 4.69) is 42.5 Å². The van der Waals surface area contributed by atoms with Gasteiger partial charge in [0.05, 0.1) is 18.3 Å². The highest BCUT2D eigenvalue weighted by molar-refractivity contribution is 6.31. The minimum Gasteiger partial charge on any atom is -0.469 e. The predicted molar refractivity (Wildman–Crippen MR) is 133 cm³/mol. The number of halogens is 2. The van der Waals surface area contributed by atoms with Gasteiger partial charge in [-0.15, -0.1) is 0 Å². The summed E-state index contributed by atoms with van der Waals surface area (Å²) < 4.78 is 18.2. The Morgan fingerprint density at radius 1 is 1.23 bits per heavy atom. The summed E-state index contributed by atoms with van der Waals surface area (Å²) in [4.78, 5) is 31.3. The number of carbonyl (C=O) groups excluding carboxylic acids is 1. The van der Waals surface area contributed by atoms with Gasteiger partial charge in [-0.2, -0.15) is 0 Å². The van der Waals surface area contributed by atoms with Crippen molar-refractivity contribution in [2.24, 2.45) is 0 Å². The van der Waals surface area contributed by atoms with Gasteiger partial charge in [0.1, 0.15) is 23.2 Å². The van der Waals surface area contributed by atoms with Crippen LogP contribution in [0.2, 0.25) is 5.02 Å². The van der Waals surface area contributed by atoms with Crippen LogP contribution in [0.1, 0.15) is 38.5 Å². The molecule has 1 aromatic carbocycles. The van der Waals surface area contributed by atoms with E-state index in [9.17, 15) is 9.18 Å². The van der Waals surface area contributed by atoms with Crippen LogP contribution >= 0.6 is 11.6 Å². The topological polar surface area (TPSA) is 105 Å². The zero-order valence-corrected chi connectivity index (χ0v) is 20.6. The summed E-state index contributed by atoms with van der Waals surface area (Å²) in [6.45, 7) is 0.876. The van der Waals surface area contributed by atoms with Gasteiger partial charge in [0.15, 0.2) is 5.82 Å². The molecule has 0 amide bonds. The van der Waals surface area contributed by atoms with Gasteiger partial charge in [0.25, 0.3) is 0 Å². The van der Waals surface area contributed by atoms with Crippen LogP contribution in [0.25, 0.3) is 11.0 Å². The number of hydrogen-bond donors (Lipinski definition) is 2. The van der Waals surface area contributed by atoms with Crippen molar-refractivity contribution in [1.29, 1.82) is 0 Å². The second-order valence-corrected chi connectivity index (χ2v) is 9.12. The number of anilines is 3. The number of methoxy groups -OCH3 is 1. The number of hydrogen-bond acceptors (Lipinski definition) is 9. The Hall–Kier alpha value is -3.11. The van der Waals surface area contributed by atoms with E-state index < -0.39 is 5.82 Å². The molecule has 0 radical (unpaired) electrons. The van der Waals surface area contributed by atoms with Crippen molar-refractivity contribution in [3.8, 4) is 0 Å². The number of ether oxygens (including phenoxy) is 1. The van der Waals surface area contributed by atoms with Gasteiger partial charge in [-0.3, -0.25) is 4.79 Å². The fourth-order valence-corrected chi connectivity index (χ4v) is 4.51. The molecule has 2 N–H and O–H groups in total. The van der Waals surface area contributed by atoms with Crippen LogP contribution in [0, 0.1) is 5.82 Å². The maximum atomic E-state index is 13.5. The largest absolute Gasteiger partial charge is 0.469 e. The maximum absolute atomic E-state index is 13.5. The lowest BCUT2D eigenvalue weighted by molar-refractivity contribution is -0.140. The molecule has 35 heavy (non-hydrogen) atoms. The molecule has 0 atom stereocenters. The number of nitrogens with one attached hydrogen (secondary N) is 2. The second-order valence-electron chi connectivity index (χ2n) is 8.71. The first-order valence-corrected chi connectivity index (χ1v) is 12.0. The highest BCUT2D eigenvalue weighted by atomic mass is 35.5. The molecule has 1 aliphatic carbocycles. The Labute approximate surface area is 208 Å². The predicted octanol–water partition coefficient (Wildman–Crippen LogP) is 4.56. The van der Waals surface area contributed by atoms with Gasteiger partial charge in [0, 0.05) is 24.2 Å². The van der Waals surface area contributed by atoms with Gasteiger partial charge < -0.3 is 20.3 Å². The molecule has 2 heterocycles. The second kappa shape index (κ2) is 11.5. The summed E-state index contributed by atoms with van der Waals surface area (Å²) in [7, 11) is 3.54. The van der Waals surface area contributed by atoms with Crippen LogP contribution in [-0.2, 0) is 9.53 Å². The lowest BCUT2D eigenvalue weighted by Crippen LogP contribution is -2.39. The van der Waals surface area contributed by atoms with Crippen molar-refractivity contribution in [2.75, 3.05) is 31.3 Å². The van der Waals surface area contributed by atoms with E-state index in [1.165, 1.54) is 25.6 Å². The molecular weight excluding hydrogens is 473 g/mol. The summed E-state index contributed by atoms with van der Waals surface area (Å²) in [5, 5.41) is 6.61. The van der Waals surface area contributed by atoms with Crippen LogP contribution in [0.3, 0.4) is 0 Å². The molecule has 9 nitrogen and oxygen atoms in total. The molecule has 1 fully saturated rings. The van der Waals surface area contributed by atoms with Crippen LogP contribution < -0.4 is 10.6 Å². The lowest BCUT2D eigenvalue weighted by Gasteiger charge is -2.35. The van der Waals surface area contributed by atoms with Crippen LogP contribution in [0.4, 0.5) is 21.8 Å². The third-order valence-corrected chi connectivity index (χ3v) is 6.62. The molecule has 0 spiro atoms. The number of nitrogens with zero attached hydrogens (tertiary/aromatic N) is 5. The number of benzene rings is 1. The van der Waals surface area contributed by atoms with E-state index in [1.807, 2.05) is 0 Å². The number of carbonyl (C=O) groups is 1. The first-order valence-electron chi connectivity index (χ1n) is 11.7. The van der Waals surface area contributed by atoms with Crippen LogP contribution in [0.15, 0.2) is 30.7 Å². The molecule has 0 bridgehead atoms. The standard InChI is InChI=1S/C24H29ClFN7O2/c1-33(11-3-4-21(34)35-2)17-8-5-15(6-9-17)31-24-27-13-20-22(32-24)23(29-14-28-20)30-16-7-10-19(26)18(25)12-16/h7,10,12-15,17H,3-6,8-9,11H2,1-2H3,(H,27,31,32)(H,28,29,30). The first-order chi connectivity index (χ1) is 16.9. The molecule has 186 valence electrons. The Morgan fingerprint density at radius 2 is 2.03 bits per heavy atom. The van der Waals surface area contributed by atoms with Gasteiger partial charge >= 0.3 is 5.97 Å². The Morgan fingerprint density at radius 3 is 2.77 bits per heavy atom. The summed E-state index contributed by atoms with van der Waals surface area (Å²) in [6.07, 6.45) is 8.45. The lowest BCUT2D eigenvalue weighted by atomic mass is 9.90. The summed E-state index contributed by atoms with van der Waals surface area (Å²) in [5.74, 6) is 0.357. The normalized spacial score (nSPS) is 18.0. The summed E-state index contributed by atoms with van der Waals surface area (Å²) >= 11 is 5.90. The van der Waals surface area contributed by atoms with Crippen molar-refractivity contribution in [3.05, 3.63) is 41.6 Å². The van der Waals surface area contributed by atoms with Crippen molar-refractivity contribution >= 4 is 46.1 Å². The zero-order valence-electron chi connectivity index (χ0n) is 19.8. The zero-order chi connectivity index (χ0) is 24.8. The minimum absolute atomic E-state index is 0.0232. The molecule has 0 unspecified atom stereocenters. The highest BCUT2D eigenvalue weighted by Gasteiger charge is 2.24. The molecular formula is C24H29ClFN7O2. The SMILES string of the molecule is COC(=O)CCCN(C)C1CCC(Nc2ncc3ncnc(Nc4ccc(F)c(Cl)c4)c3n2)CC1. The fourth-order valence-electron chi connectivity index (χ4n) is 4.33. The van der Waals surface area contributed by atoms with E-state index in [-0.39, 0.29) is 17.0 Å². The van der Waals surface area contributed by atoms with Crippen molar-refractivity contribution in [3.63, 3.8) is 0 Å². The molecule has 1 aliphatic rings. The number of rotatable bonds is 9. The van der Waals surface area contributed by atoms with Gasteiger partial charge in [0.2, 0.25) is 5.95 Å². The van der Waals surface area contributed by atoms with E-state index >= 15 is 0 Å². The molecule has 0 saturated heterocycles. The number of aromatic nitrogens is 4. The maximum Gasteiger partial charge on any atom is 0.305 e. The quantitative estimate of drug-likeness (QED) is 0.408. The molecule has 1 saturated carbocycles. The van der Waals surface area contributed by atoms with E-state index in [4.69, 9.17) is 16.3 Å². The van der Waals surface area contributed by atoms with Gasteiger partial charge in [-0.25, -0.2) is 24.3 Å². The van der Waals surface area contributed by atoms with Gasteiger partial charge in [-0.05, 0) is 63.9 Å². The third kappa shape index (κ3) is 6.52. The van der Waals surface area contributed by atoms with Crippen LogP contribution in [-0.4, -0.2) is 63.6 Å². The van der Waals surface area contributed by atoms with E-state index in [0.29, 0.717) is 40.9 Å². The molecule has 3 aromatic rings. The molecule has 11 heteroatoms.